The Morgan fingerprint density at radius 1 is 1.19 bits per heavy atom. The minimum Gasteiger partial charge on any atom is -0.493 e. The van der Waals surface area contributed by atoms with Crippen molar-refractivity contribution in [1.29, 1.82) is 0 Å². The van der Waals surface area contributed by atoms with E-state index in [0.717, 1.165) is 27.9 Å². The lowest BCUT2D eigenvalue weighted by Gasteiger charge is -2.11. The number of ether oxygens (including phenoxy) is 1. The van der Waals surface area contributed by atoms with Crippen LogP contribution >= 0.6 is 11.8 Å². The van der Waals surface area contributed by atoms with E-state index in [1.54, 1.807) is 6.07 Å². The number of para-hydroxylation sites is 1. The molecule has 0 aliphatic rings. The third-order valence-corrected chi connectivity index (χ3v) is 4.75. The van der Waals surface area contributed by atoms with Crippen LogP contribution in [-0.4, -0.2) is 21.4 Å². The Labute approximate surface area is 156 Å². The molecule has 0 radical (unpaired) electrons. The van der Waals surface area contributed by atoms with E-state index in [-0.39, 0.29) is 5.82 Å². The normalized spacial score (nSPS) is 10.7. The van der Waals surface area contributed by atoms with Crippen molar-refractivity contribution >= 4 is 11.8 Å². The van der Waals surface area contributed by atoms with Gasteiger partial charge in [0.15, 0.2) is 11.0 Å². The summed E-state index contributed by atoms with van der Waals surface area (Å²) in [7, 11) is 0. The average Bonchev–Trinajstić information content (AvgIpc) is 3.04. The summed E-state index contributed by atoms with van der Waals surface area (Å²) in [5, 5.41) is 9.46. The lowest BCUT2D eigenvalue weighted by molar-refractivity contribution is 0.341. The fourth-order valence-electron chi connectivity index (χ4n) is 2.60. The van der Waals surface area contributed by atoms with Gasteiger partial charge in [0.2, 0.25) is 0 Å². The number of hydrogen-bond acceptors (Lipinski definition) is 4. The molecule has 0 aliphatic heterocycles. The minimum atomic E-state index is -0.234. The smallest absolute Gasteiger partial charge is 0.192 e. The molecule has 1 heterocycles. The van der Waals surface area contributed by atoms with Crippen LogP contribution in [0.4, 0.5) is 4.39 Å². The first-order valence-corrected chi connectivity index (χ1v) is 9.35. The molecule has 0 atom stereocenters. The van der Waals surface area contributed by atoms with E-state index in [1.165, 1.54) is 23.9 Å². The van der Waals surface area contributed by atoms with E-state index >= 15 is 0 Å². The highest BCUT2D eigenvalue weighted by molar-refractivity contribution is 7.98. The summed E-state index contributed by atoms with van der Waals surface area (Å²) >= 11 is 1.52. The molecule has 3 rings (SSSR count). The number of allylic oxidation sites excluding steroid dienone is 1. The Balaban J connectivity index is 1.90. The van der Waals surface area contributed by atoms with Gasteiger partial charge in [-0.05, 0) is 36.8 Å². The first kappa shape index (κ1) is 18.2. The molecular weight excluding hydrogens is 349 g/mol. The highest BCUT2D eigenvalue weighted by Crippen LogP contribution is 2.32. The van der Waals surface area contributed by atoms with Gasteiger partial charge in [-0.2, -0.15) is 0 Å². The number of halogens is 1. The fourth-order valence-corrected chi connectivity index (χ4v) is 3.49. The molecule has 0 N–H and O–H groups in total. The lowest BCUT2D eigenvalue weighted by Crippen LogP contribution is -2.02. The second kappa shape index (κ2) is 8.67. The maximum absolute atomic E-state index is 13.4. The monoisotopic (exact) mass is 369 g/mol. The van der Waals surface area contributed by atoms with E-state index in [9.17, 15) is 4.39 Å². The summed E-state index contributed by atoms with van der Waals surface area (Å²) in [4.78, 5) is 0. The Hall–Kier alpha value is -2.60. The van der Waals surface area contributed by atoms with Crippen molar-refractivity contribution < 1.29 is 9.13 Å². The average molecular weight is 369 g/mol. The van der Waals surface area contributed by atoms with Gasteiger partial charge < -0.3 is 4.74 Å². The Kier molecular flexibility index (Phi) is 6.07. The first-order chi connectivity index (χ1) is 12.7. The summed E-state index contributed by atoms with van der Waals surface area (Å²) in [6.07, 6.45) is 1.81. The molecule has 134 valence electrons. The first-order valence-electron chi connectivity index (χ1n) is 8.36. The minimum absolute atomic E-state index is 0.234. The Morgan fingerprint density at radius 2 is 2.04 bits per heavy atom. The molecule has 0 saturated heterocycles. The van der Waals surface area contributed by atoms with Crippen LogP contribution in [0, 0.1) is 5.82 Å². The maximum Gasteiger partial charge on any atom is 0.192 e. The standard InChI is InChI=1S/C20H20FN3OS/c1-3-12-24-19(17-10-5-6-11-18(17)25-4-2)22-23-20(24)26-14-15-8-7-9-16(21)13-15/h3,5-11,13H,1,4,12,14H2,2H3. The van der Waals surface area contributed by atoms with Gasteiger partial charge in [0, 0.05) is 12.3 Å². The van der Waals surface area contributed by atoms with E-state index in [4.69, 9.17) is 4.74 Å². The van der Waals surface area contributed by atoms with E-state index in [0.29, 0.717) is 18.9 Å². The van der Waals surface area contributed by atoms with Crippen molar-refractivity contribution in [3.8, 4) is 17.1 Å². The topological polar surface area (TPSA) is 39.9 Å². The lowest BCUT2D eigenvalue weighted by atomic mass is 10.2. The van der Waals surface area contributed by atoms with E-state index in [2.05, 4.69) is 16.8 Å². The Bertz CT molecular complexity index is 894. The number of rotatable bonds is 8. The summed E-state index contributed by atoms with van der Waals surface area (Å²) in [6.45, 7) is 6.94. The molecule has 26 heavy (non-hydrogen) atoms. The number of benzene rings is 2. The van der Waals surface area contributed by atoms with Crippen LogP contribution in [0.1, 0.15) is 12.5 Å². The third kappa shape index (κ3) is 4.14. The molecule has 0 unspecified atom stereocenters. The largest absolute Gasteiger partial charge is 0.493 e. The van der Waals surface area contributed by atoms with Gasteiger partial charge >= 0.3 is 0 Å². The third-order valence-electron chi connectivity index (χ3n) is 3.71. The van der Waals surface area contributed by atoms with Gasteiger partial charge in [0.05, 0.1) is 12.2 Å². The highest BCUT2D eigenvalue weighted by Gasteiger charge is 2.17. The second-order valence-corrected chi connectivity index (χ2v) is 6.50. The van der Waals surface area contributed by atoms with Gasteiger partial charge in [-0.1, -0.05) is 42.1 Å². The highest BCUT2D eigenvalue weighted by atomic mass is 32.2. The van der Waals surface area contributed by atoms with Crippen molar-refractivity contribution in [3.63, 3.8) is 0 Å². The Morgan fingerprint density at radius 3 is 2.81 bits per heavy atom. The summed E-state index contributed by atoms with van der Waals surface area (Å²) in [5.41, 5.74) is 1.79. The predicted octanol–water partition coefficient (Wildman–Crippen LogP) is 4.96. The molecule has 0 bridgehead atoms. The van der Waals surface area contributed by atoms with Crippen molar-refractivity contribution in [3.05, 3.63) is 72.6 Å². The molecule has 4 nitrogen and oxygen atoms in total. The molecule has 1 aromatic heterocycles. The van der Waals surface area contributed by atoms with Crippen molar-refractivity contribution in [2.75, 3.05) is 6.61 Å². The SMILES string of the molecule is C=CCn1c(SCc2cccc(F)c2)nnc1-c1ccccc1OCC. The molecule has 2 aromatic carbocycles. The molecule has 0 fully saturated rings. The number of thioether (sulfide) groups is 1. The second-order valence-electron chi connectivity index (χ2n) is 5.55. The molecule has 0 amide bonds. The van der Waals surface area contributed by atoms with Crippen LogP contribution in [0.15, 0.2) is 66.3 Å². The quantitative estimate of drug-likeness (QED) is 0.416. The van der Waals surface area contributed by atoms with Crippen molar-refractivity contribution in [2.45, 2.75) is 24.4 Å². The molecule has 0 spiro atoms. The summed E-state index contributed by atoms with van der Waals surface area (Å²) in [5.74, 6) is 1.88. The van der Waals surface area contributed by atoms with E-state index in [1.807, 2.05) is 47.9 Å². The van der Waals surface area contributed by atoms with Gasteiger partial charge in [0.1, 0.15) is 11.6 Å². The zero-order valence-electron chi connectivity index (χ0n) is 14.6. The van der Waals surface area contributed by atoms with Crippen LogP contribution in [-0.2, 0) is 12.3 Å². The van der Waals surface area contributed by atoms with Crippen LogP contribution in [0.25, 0.3) is 11.4 Å². The molecule has 0 aliphatic carbocycles. The zero-order valence-corrected chi connectivity index (χ0v) is 15.4. The maximum atomic E-state index is 13.4. The molecular formula is C20H20FN3OS. The van der Waals surface area contributed by atoms with Crippen molar-refractivity contribution in [1.82, 2.24) is 14.8 Å². The van der Waals surface area contributed by atoms with Crippen molar-refractivity contribution in [2.24, 2.45) is 0 Å². The van der Waals surface area contributed by atoms with Crippen LogP contribution < -0.4 is 4.74 Å². The number of aromatic nitrogens is 3. The molecule has 6 heteroatoms. The summed E-state index contributed by atoms with van der Waals surface area (Å²) < 4.78 is 21.1. The number of nitrogens with zero attached hydrogens (tertiary/aromatic N) is 3. The number of hydrogen-bond donors (Lipinski definition) is 0. The van der Waals surface area contributed by atoms with Gasteiger partial charge in [-0.3, -0.25) is 4.57 Å². The van der Waals surface area contributed by atoms with Gasteiger partial charge in [0.25, 0.3) is 0 Å². The molecule has 3 aromatic rings. The predicted molar refractivity (Wildman–Crippen MR) is 103 cm³/mol. The van der Waals surface area contributed by atoms with Crippen LogP contribution in [0.5, 0.6) is 5.75 Å². The van der Waals surface area contributed by atoms with Crippen LogP contribution in [0.2, 0.25) is 0 Å². The molecule has 0 saturated carbocycles. The van der Waals surface area contributed by atoms with Crippen LogP contribution in [0.3, 0.4) is 0 Å². The fraction of sp³-hybridized carbons (Fsp3) is 0.200. The summed E-state index contributed by atoms with van der Waals surface area (Å²) in [6, 6.07) is 14.4. The van der Waals surface area contributed by atoms with Gasteiger partial charge in [-0.25, -0.2) is 4.39 Å². The van der Waals surface area contributed by atoms with Gasteiger partial charge in [-0.15, -0.1) is 16.8 Å². The van der Waals surface area contributed by atoms with E-state index < -0.39 is 0 Å². The zero-order chi connectivity index (χ0) is 18.4.